The summed E-state index contributed by atoms with van der Waals surface area (Å²) in [4.78, 5) is 22.4. The molecule has 1 fully saturated rings. The molecule has 1 aliphatic heterocycles. The average Bonchev–Trinajstić information content (AvgIpc) is 2.49. The first-order chi connectivity index (χ1) is 9.79. The standard InChI is InChI=1S/C14H21ClN4O/c15-7-2-1-4-13(20)18-12-5-10-19(11-6-12)14-16-8-3-9-17-14/h3,8-9,12H,1-2,4-7,10-11H2,(H,18,20). The molecule has 0 unspecified atom stereocenters. The normalized spacial score (nSPS) is 16.1. The minimum atomic E-state index is 0.143. The van der Waals surface area contributed by atoms with Crippen LogP contribution in [0.2, 0.25) is 0 Å². The SMILES string of the molecule is O=C(CCCCCl)NC1CCN(c2ncccn2)CC1. The molecular weight excluding hydrogens is 276 g/mol. The number of piperidine rings is 1. The van der Waals surface area contributed by atoms with Crippen LogP contribution in [0.25, 0.3) is 0 Å². The van der Waals surface area contributed by atoms with E-state index in [-0.39, 0.29) is 11.9 Å². The van der Waals surface area contributed by atoms with Crippen LogP contribution in [0.5, 0.6) is 0 Å². The number of hydrogen-bond donors (Lipinski definition) is 1. The second-order valence-corrected chi connectivity index (χ2v) is 5.40. The summed E-state index contributed by atoms with van der Waals surface area (Å²) in [6.07, 6.45) is 7.75. The Morgan fingerprint density at radius 2 is 2.00 bits per heavy atom. The van der Waals surface area contributed by atoms with E-state index in [0.717, 1.165) is 44.7 Å². The van der Waals surface area contributed by atoms with Crippen LogP contribution >= 0.6 is 11.6 Å². The lowest BCUT2D eigenvalue weighted by atomic mass is 10.0. The van der Waals surface area contributed by atoms with Gasteiger partial charge in [-0.1, -0.05) is 0 Å². The van der Waals surface area contributed by atoms with Crippen molar-refractivity contribution in [3.63, 3.8) is 0 Å². The molecule has 0 aromatic carbocycles. The predicted molar refractivity (Wildman–Crippen MR) is 80.0 cm³/mol. The molecular formula is C14H21ClN4O. The number of carbonyl (C=O) groups is 1. The van der Waals surface area contributed by atoms with Gasteiger partial charge in [-0.05, 0) is 31.7 Å². The van der Waals surface area contributed by atoms with E-state index in [1.807, 2.05) is 6.07 Å². The van der Waals surface area contributed by atoms with Gasteiger partial charge in [0.15, 0.2) is 0 Å². The van der Waals surface area contributed by atoms with Crippen molar-refractivity contribution in [1.29, 1.82) is 0 Å². The van der Waals surface area contributed by atoms with Crippen molar-refractivity contribution in [2.24, 2.45) is 0 Å². The second kappa shape index (κ2) is 8.04. The number of hydrogen-bond acceptors (Lipinski definition) is 4. The number of aromatic nitrogens is 2. The molecule has 1 aliphatic rings. The molecule has 5 nitrogen and oxygen atoms in total. The lowest BCUT2D eigenvalue weighted by molar-refractivity contribution is -0.122. The second-order valence-electron chi connectivity index (χ2n) is 5.02. The van der Waals surface area contributed by atoms with Crippen molar-refractivity contribution in [3.8, 4) is 0 Å². The maximum atomic E-state index is 11.7. The van der Waals surface area contributed by atoms with Gasteiger partial charge in [0.05, 0.1) is 0 Å². The summed E-state index contributed by atoms with van der Waals surface area (Å²) in [7, 11) is 0. The van der Waals surface area contributed by atoms with E-state index in [1.54, 1.807) is 12.4 Å². The van der Waals surface area contributed by atoms with E-state index < -0.39 is 0 Å². The average molecular weight is 297 g/mol. The summed E-state index contributed by atoms with van der Waals surface area (Å²) in [6.45, 7) is 1.77. The van der Waals surface area contributed by atoms with E-state index in [1.165, 1.54) is 0 Å². The maximum Gasteiger partial charge on any atom is 0.225 e. The van der Waals surface area contributed by atoms with Crippen LogP contribution in [0, 0.1) is 0 Å². The number of nitrogens with zero attached hydrogens (tertiary/aromatic N) is 3. The van der Waals surface area contributed by atoms with Crippen LogP contribution in [0.1, 0.15) is 32.1 Å². The van der Waals surface area contributed by atoms with Gasteiger partial charge in [0, 0.05) is 43.8 Å². The van der Waals surface area contributed by atoms with E-state index in [9.17, 15) is 4.79 Å². The largest absolute Gasteiger partial charge is 0.353 e. The van der Waals surface area contributed by atoms with E-state index in [2.05, 4.69) is 20.2 Å². The fraction of sp³-hybridized carbons (Fsp3) is 0.643. The third kappa shape index (κ3) is 4.63. The Hall–Kier alpha value is -1.36. The van der Waals surface area contributed by atoms with Gasteiger partial charge >= 0.3 is 0 Å². The van der Waals surface area contributed by atoms with Gasteiger partial charge in [0.25, 0.3) is 0 Å². The number of halogens is 1. The minimum absolute atomic E-state index is 0.143. The van der Waals surface area contributed by atoms with Crippen molar-refractivity contribution in [2.75, 3.05) is 23.9 Å². The highest BCUT2D eigenvalue weighted by molar-refractivity contribution is 6.17. The monoisotopic (exact) mass is 296 g/mol. The zero-order chi connectivity index (χ0) is 14.2. The Balaban J connectivity index is 1.70. The minimum Gasteiger partial charge on any atom is -0.353 e. The lowest BCUT2D eigenvalue weighted by Gasteiger charge is -2.32. The summed E-state index contributed by atoms with van der Waals surface area (Å²) in [5.74, 6) is 1.55. The van der Waals surface area contributed by atoms with Crippen LogP contribution in [-0.2, 0) is 4.79 Å². The number of unbranched alkanes of at least 4 members (excludes halogenated alkanes) is 1. The third-order valence-electron chi connectivity index (χ3n) is 3.48. The number of nitrogens with one attached hydrogen (secondary N) is 1. The van der Waals surface area contributed by atoms with Gasteiger partial charge in [0.2, 0.25) is 11.9 Å². The van der Waals surface area contributed by atoms with Crippen molar-refractivity contribution < 1.29 is 4.79 Å². The van der Waals surface area contributed by atoms with Crippen LogP contribution in [0.3, 0.4) is 0 Å². The number of amides is 1. The molecule has 0 atom stereocenters. The molecule has 0 saturated carbocycles. The Labute approximate surface area is 124 Å². The van der Waals surface area contributed by atoms with Crippen LogP contribution in [0.4, 0.5) is 5.95 Å². The Bertz CT molecular complexity index is 407. The Kier molecular flexibility index (Phi) is 6.05. The first-order valence-corrected chi connectivity index (χ1v) is 7.70. The Morgan fingerprint density at radius 1 is 1.30 bits per heavy atom. The molecule has 0 bridgehead atoms. The molecule has 0 spiro atoms. The third-order valence-corrected chi connectivity index (χ3v) is 3.75. The van der Waals surface area contributed by atoms with Crippen molar-refractivity contribution in [2.45, 2.75) is 38.1 Å². The van der Waals surface area contributed by atoms with E-state index >= 15 is 0 Å². The first-order valence-electron chi connectivity index (χ1n) is 7.17. The van der Waals surface area contributed by atoms with Gasteiger partial charge in [-0.2, -0.15) is 0 Å². The predicted octanol–water partition coefficient (Wildman–Crippen LogP) is 1.97. The zero-order valence-electron chi connectivity index (χ0n) is 11.6. The maximum absolute atomic E-state index is 11.7. The molecule has 0 radical (unpaired) electrons. The highest BCUT2D eigenvalue weighted by Gasteiger charge is 2.21. The Morgan fingerprint density at radius 3 is 2.65 bits per heavy atom. The van der Waals surface area contributed by atoms with Crippen molar-refractivity contribution in [1.82, 2.24) is 15.3 Å². The van der Waals surface area contributed by atoms with E-state index in [0.29, 0.717) is 12.3 Å². The van der Waals surface area contributed by atoms with Gasteiger partial charge in [0.1, 0.15) is 0 Å². The van der Waals surface area contributed by atoms with Crippen molar-refractivity contribution in [3.05, 3.63) is 18.5 Å². The molecule has 0 aliphatic carbocycles. The summed E-state index contributed by atoms with van der Waals surface area (Å²) in [5.41, 5.74) is 0. The molecule has 1 amide bonds. The molecule has 1 N–H and O–H groups in total. The topological polar surface area (TPSA) is 58.1 Å². The number of anilines is 1. The molecule has 1 saturated heterocycles. The van der Waals surface area contributed by atoms with Gasteiger partial charge in [-0.3, -0.25) is 4.79 Å². The number of rotatable bonds is 6. The molecule has 2 rings (SSSR count). The molecule has 1 aromatic rings. The van der Waals surface area contributed by atoms with E-state index in [4.69, 9.17) is 11.6 Å². The summed E-state index contributed by atoms with van der Waals surface area (Å²) < 4.78 is 0. The molecule has 1 aromatic heterocycles. The highest BCUT2D eigenvalue weighted by atomic mass is 35.5. The van der Waals surface area contributed by atoms with Crippen LogP contribution in [0.15, 0.2) is 18.5 Å². The smallest absolute Gasteiger partial charge is 0.225 e. The fourth-order valence-electron chi connectivity index (χ4n) is 2.36. The van der Waals surface area contributed by atoms with Gasteiger partial charge in [-0.15, -0.1) is 11.6 Å². The summed E-state index contributed by atoms with van der Waals surface area (Å²) >= 11 is 5.60. The number of carbonyl (C=O) groups excluding carboxylic acids is 1. The van der Waals surface area contributed by atoms with Gasteiger partial charge < -0.3 is 10.2 Å². The van der Waals surface area contributed by atoms with Crippen LogP contribution in [-0.4, -0.2) is 40.9 Å². The van der Waals surface area contributed by atoms with Crippen molar-refractivity contribution >= 4 is 23.5 Å². The molecule has 2 heterocycles. The molecule has 110 valence electrons. The van der Waals surface area contributed by atoms with Crippen LogP contribution < -0.4 is 10.2 Å². The molecule has 20 heavy (non-hydrogen) atoms. The summed E-state index contributed by atoms with van der Waals surface area (Å²) in [5, 5.41) is 3.10. The first kappa shape index (κ1) is 15.0. The molecule has 6 heteroatoms. The lowest BCUT2D eigenvalue weighted by Crippen LogP contribution is -2.45. The fourth-order valence-corrected chi connectivity index (χ4v) is 2.55. The van der Waals surface area contributed by atoms with Gasteiger partial charge in [-0.25, -0.2) is 9.97 Å². The number of alkyl halides is 1. The summed E-state index contributed by atoms with van der Waals surface area (Å²) in [6, 6.07) is 2.09. The quantitative estimate of drug-likeness (QED) is 0.644. The zero-order valence-corrected chi connectivity index (χ0v) is 12.4. The highest BCUT2D eigenvalue weighted by Crippen LogP contribution is 2.15.